The van der Waals surface area contributed by atoms with Gasteiger partial charge in [-0.2, -0.15) is 0 Å². The molecule has 0 saturated carbocycles. The van der Waals surface area contributed by atoms with Crippen LogP contribution in [0.5, 0.6) is 5.75 Å². The predicted molar refractivity (Wildman–Crippen MR) is 124 cm³/mol. The molecule has 0 heterocycles. The lowest BCUT2D eigenvalue weighted by Gasteiger charge is -2.27. The molecule has 1 rings (SSSR count). The van der Waals surface area contributed by atoms with Crippen molar-refractivity contribution in [3.63, 3.8) is 0 Å². The van der Waals surface area contributed by atoms with E-state index in [1.165, 1.54) is 31.2 Å². The molecule has 10 N–H and O–H groups in total. The van der Waals surface area contributed by atoms with E-state index >= 15 is 0 Å². The van der Waals surface area contributed by atoms with Gasteiger partial charge in [0.1, 0.15) is 23.9 Å². The molecule has 0 aromatic heterocycles. The Kier molecular flexibility index (Phi) is 11.1. The van der Waals surface area contributed by atoms with Crippen molar-refractivity contribution < 1.29 is 39.3 Å². The molecular formula is C22H33N5O8. The molecule has 0 spiro atoms. The molecule has 13 nitrogen and oxygen atoms in total. The van der Waals surface area contributed by atoms with Crippen LogP contribution in [-0.4, -0.2) is 75.2 Å². The van der Waals surface area contributed by atoms with Gasteiger partial charge in [0.05, 0.1) is 18.6 Å². The molecule has 0 aliphatic rings. The number of benzene rings is 1. The van der Waals surface area contributed by atoms with Gasteiger partial charge >= 0.3 is 5.97 Å². The van der Waals surface area contributed by atoms with Crippen molar-refractivity contribution in [1.29, 1.82) is 0 Å². The number of aliphatic hydroxyl groups excluding tert-OH is 1. The van der Waals surface area contributed by atoms with E-state index in [-0.39, 0.29) is 12.2 Å². The highest BCUT2D eigenvalue weighted by Gasteiger charge is 2.33. The Balaban J connectivity index is 3.12. The maximum absolute atomic E-state index is 13.1. The lowest BCUT2D eigenvalue weighted by Crippen LogP contribution is -2.60. The molecule has 0 aliphatic heterocycles. The van der Waals surface area contributed by atoms with Gasteiger partial charge in [0.2, 0.25) is 23.6 Å². The SMILES string of the molecule is CC(C)C(NC(=O)C(NC(=O)C(Cc1ccc(O)cc1)NC(=O)C(N)CC(N)=O)C(C)O)C(=O)O. The normalized spacial score (nSPS) is 15.3. The second kappa shape index (κ2) is 13.2. The van der Waals surface area contributed by atoms with E-state index in [0.29, 0.717) is 5.56 Å². The fourth-order valence-electron chi connectivity index (χ4n) is 3.08. The zero-order chi connectivity index (χ0) is 26.9. The Morgan fingerprint density at radius 3 is 1.89 bits per heavy atom. The van der Waals surface area contributed by atoms with Crippen molar-refractivity contribution >= 4 is 29.6 Å². The smallest absolute Gasteiger partial charge is 0.326 e. The summed E-state index contributed by atoms with van der Waals surface area (Å²) in [6.07, 6.45) is -1.98. The van der Waals surface area contributed by atoms with Crippen LogP contribution in [0.4, 0.5) is 0 Å². The van der Waals surface area contributed by atoms with Crippen LogP contribution < -0.4 is 27.4 Å². The third-order valence-corrected chi connectivity index (χ3v) is 5.06. The van der Waals surface area contributed by atoms with E-state index in [0.717, 1.165) is 0 Å². The maximum atomic E-state index is 13.1. The van der Waals surface area contributed by atoms with Crippen molar-refractivity contribution in [2.24, 2.45) is 17.4 Å². The van der Waals surface area contributed by atoms with Crippen LogP contribution in [0.15, 0.2) is 24.3 Å². The molecular weight excluding hydrogens is 462 g/mol. The van der Waals surface area contributed by atoms with Gasteiger partial charge in [-0.15, -0.1) is 0 Å². The van der Waals surface area contributed by atoms with E-state index in [4.69, 9.17) is 11.5 Å². The molecule has 1 aromatic carbocycles. The van der Waals surface area contributed by atoms with E-state index < -0.39 is 72.2 Å². The van der Waals surface area contributed by atoms with Crippen LogP contribution in [0.1, 0.15) is 32.8 Å². The van der Waals surface area contributed by atoms with E-state index in [1.54, 1.807) is 13.8 Å². The number of phenolic OH excluding ortho intramolecular Hbond substituents is 1. The van der Waals surface area contributed by atoms with Crippen molar-refractivity contribution in [2.75, 3.05) is 0 Å². The highest BCUT2D eigenvalue weighted by Crippen LogP contribution is 2.12. The fourth-order valence-corrected chi connectivity index (χ4v) is 3.08. The number of hydrogen-bond acceptors (Lipinski definition) is 8. The number of carbonyl (C=O) groups excluding carboxylic acids is 4. The number of primary amides is 1. The van der Waals surface area contributed by atoms with Gasteiger partial charge in [-0.1, -0.05) is 26.0 Å². The summed E-state index contributed by atoms with van der Waals surface area (Å²) in [5.74, 6) is -5.28. The number of phenols is 1. The number of amides is 4. The minimum atomic E-state index is -1.54. The Morgan fingerprint density at radius 2 is 1.43 bits per heavy atom. The highest BCUT2D eigenvalue weighted by molar-refractivity contribution is 5.95. The van der Waals surface area contributed by atoms with Crippen LogP contribution in [0.2, 0.25) is 0 Å². The molecule has 1 aromatic rings. The van der Waals surface area contributed by atoms with Crippen molar-refractivity contribution in [1.82, 2.24) is 16.0 Å². The Morgan fingerprint density at radius 1 is 0.886 bits per heavy atom. The minimum Gasteiger partial charge on any atom is -0.508 e. The van der Waals surface area contributed by atoms with Gasteiger partial charge in [0, 0.05) is 6.42 Å². The van der Waals surface area contributed by atoms with Gasteiger partial charge in [-0.3, -0.25) is 19.2 Å². The molecule has 0 radical (unpaired) electrons. The second-order valence-corrected chi connectivity index (χ2v) is 8.50. The molecule has 13 heteroatoms. The van der Waals surface area contributed by atoms with Crippen LogP contribution >= 0.6 is 0 Å². The molecule has 194 valence electrons. The summed E-state index contributed by atoms with van der Waals surface area (Å²) in [5, 5.41) is 35.9. The number of nitrogens with two attached hydrogens (primary N) is 2. The van der Waals surface area contributed by atoms with Gasteiger partial charge in [-0.25, -0.2) is 4.79 Å². The number of aliphatic carboxylic acids is 1. The standard InChI is InChI=1S/C22H33N5O8/c1-10(2)17(22(34)35)26-21(33)18(11(3)28)27-20(32)15(8-12-4-6-13(29)7-5-12)25-19(31)14(23)9-16(24)30/h4-7,10-11,14-15,17-18,28-29H,8-9,23H2,1-3H3,(H2,24,30)(H,25,31)(H,26,33)(H,27,32)(H,34,35). The summed E-state index contributed by atoms with van der Waals surface area (Å²) >= 11 is 0. The Labute approximate surface area is 202 Å². The Bertz CT molecular complexity index is 919. The summed E-state index contributed by atoms with van der Waals surface area (Å²) in [6.45, 7) is 4.38. The van der Waals surface area contributed by atoms with Crippen molar-refractivity contribution in [3.05, 3.63) is 29.8 Å². The maximum Gasteiger partial charge on any atom is 0.326 e. The fraction of sp³-hybridized carbons (Fsp3) is 0.500. The zero-order valence-corrected chi connectivity index (χ0v) is 19.7. The number of rotatable bonds is 13. The van der Waals surface area contributed by atoms with Gasteiger partial charge < -0.3 is 42.7 Å². The largest absolute Gasteiger partial charge is 0.508 e. The first-order chi connectivity index (χ1) is 16.2. The third kappa shape index (κ3) is 9.59. The summed E-state index contributed by atoms with van der Waals surface area (Å²) in [5.41, 5.74) is 11.2. The molecule has 0 aliphatic carbocycles. The molecule has 0 fully saturated rings. The second-order valence-electron chi connectivity index (χ2n) is 8.50. The van der Waals surface area contributed by atoms with Gasteiger partial charge in [0.25, 0.3) is 0 Å². The van der Waals surface area contributed by atoms with Crippen molar-refractivity contribution in [3.8, 4) is 5.75 Å². The topological polar surface area (TPSA) is 234 Å². The molecule has 0 saturated heterocycles. The van der Waals surface area contributed by atoms with Crippen LogP contribution in [-0.2, 0) is 30.4 Å². The quantitative estimate of drug-likeness (QED) is 0.147. The summed E-state index contributed by atoms with van der Waals surface area (Å²) in [4.78, 5) is 60.6. The van der Waals surface area contributed by atoms with Gasteiger partial charge in [0.15, 0.2) is 0 Å². The Hall–Kier alpha value is -3.71. The number of carboxylic acids is 1. The number of aliphatic hydroxyl groups is 1. The lowest BCUT2D eigenvalue weighted by molar-refractivity contribution is -0.144. The average molecular weight is 496 g/mol. The zero-order valence-electron chi connectivity index (χ0n) is 19.7. The van der Waals surface area contributed by atoms with Crippen LogP contribution in [0.3, 0.4) is 0 Å². The molecule has 0 bridgehead atoms. The summed E-state index contributed by atoms with van der Waals surface area (Å²) in [7, 11) is 0. The number of nitrogens with one attached hydrogen (secondary N) is 3. The first-order valence-electron chi connectivity index (χ1n) is 10.9. The van der Waals surface area contributed by atoms with Crippen molar-refractivity contribution in [2.45, 2.75) is 63.9 Å². The van der Waals surface area contributed by atoms with Crippen LogP contribution in [0, 0.1) is 5.92 Å². The number of hydrogen-bond donors (Lipinski definition) is 8. The van der Waals surface area contributed by atoms with E-state index in [2.05, 4.69) is 16.0 Å². The number of carboxylic acid groups (broad SMARTS) is 1. The number of carbonyl (C=O) groups is 5. The molecule has 4 amide bonds. The molecule has 5 unspecified atom stereocenters. The monoisotopic (exact) mass is 495 g/mol. The van der Waals surface area contributed by atoms with Gasteiger partial charge in [-0.05, 0) is 30.5 Å². The first kappa shape index (κ1) is 29.3. The summed E-state index contributed by atoms with van der Waals surface area (Å²) in [6, 6.07) is 0.306. The average Bonchev–Trinajstić information content (AvgIpc) is 2.75. The third-order valence-electron chi connectivity index (χ3n) is 5.06. The molecule has 5 atom stereocenters. The van der Waals surface area contributed by atoms with E-state index in [9.17, 15) is 39.3 Å². The van der Waals surface area contributed by atoms with Crippen LogP contribution in [0.25, 0.3) is 0 Å². The van der Waals surface area contributed by atoms with E-state index in [1.807, 2.05) is 0 Å². The number of aromatic hydroxyl groups is 1. The summed E-state index contributed by atoms with van der Waals surface area (Å²) < 4.78 is 0. The first-order valence-corrected chi connectivity index (χ1v) is 10.9. The predicted octanol–water partition coefficient (Wildman–Crippen LogP) is -2.29. The lowest BCUT2D eigenvalue weighted by atomic mass is 10.0. The highest BCUT2D eigenvalue weighted by atomic mass is 16.4. The minimum absolute atomic E-state index is 0.0220. The molecule has 35 heavy (non-hydrogen) atoms.